The number of ether oxygens (including phenoxy) is 1. The molecule has 116 valence electrons. The third-order valence-electron chi connectivity index (χ3n) is 2.81. The molecule has 0 radical (unpaired) electrons. The number of carbonyl (C=O) groups is 2. The largest absolute Gasteiger partial charge is 0.494 e. The Morgan fingerprint density at radius 1 is 1.24 bits per heavy atom. The van der Waals surface area contributed by atoms with E-state index in [-0.39, 0.29) is 0 Å². The summed E-state index contributed by atoms with van der Waals surface area (Å²) in [4.78, 5) is 23.1. The zero-order valence-corrected chi connectivity index (χ0v) is 12.8. The van der Waals surface area contributed by atoms with Crippen LogP contribution in [0.25, 0.3) is 0 Å². The molecule has 0 aliphatic rings. The number of anilines is 1. The maximum absolute atomic E-state index is 11.9. The van der Waals surface area contributed by atoms with Crippen molar-refractivity contribution in [2.75, 3.05) is 11.9 Å². The fraction of sp³-hybridized carbons (Fsp3) is 0.467. The van der Waals surface area contributed by atoms with Crippen LogP contribution in [0.15, 0.2) is 24.3 Å². The van der Waals surface area contributed by atoms with Crippen molar-refractivity contribution >= 4 is 17.7 Å². The molecule has 2 amide bonds. The van der Waals surface area contributed by atoms with Crippen LogP contribution in [0.2, 0.25) is 0 Å². The predicted molar refractivity (Wildman–Crippen MR) is 80.6 cm³/mol. The van der Waals surface area contributed by atoms with E-state index in [9.17, 15) is 9.59 Å². The molecule has 0 aromatic heterocycles. The van der Waals surface area contributed by atoms with E-state index in [4.69, 9.17) is 9.84 Å². The van der Waals surface area contributed by atoms with Gasteiger partial charge in [-0.05, 0) is 36.6 Å². The minimum Gasteiger partial charge on any atom is -0.494 e. The van der Waals surface area contributed by atoms with Gasteiger partial charge in [0.2, 0.25) is 0 Å². The molecule has 1 aromatic carbocycles. The lowest BCUT2D eigenvalue weighted by molar-refractivity contribution is -0.141. The summed E-state index contributed by atoms with van der Waals surface area (Å²) in [6, 6.07) is 5.32. The quantitative estimate of drug-likeness (QED) is 0.779. The summed E-state index contributed by atoms with van der Waals surface area (Å²) >= 11 is 0. The zero-order valence-electron chi connectivity index (χ0n) is 12.8. The molecular weight excluding hydrogens is 272 g/mol. The van der Waals surface area contributed by atoms with E-state index >= 15 is 0 Å². The number of carboxylic acids is 1. The molecule has 0 aliphatic heterocycles. The lowest BCUT2D eigenvalue weighted by Crippen LogP contribution is -2.50. The first-order chi connectivity index (χ1) is 9.74. The van der Waals surface area contributed by atoms with Crippen molar-refractivity contribution in [1.82, 2.24) is 5.32 Å². The number of hydrogen-bond acceptors (Lipinski definition) is 3. The summed E-state index contributed by atoms with van der Waals surface area (Å²) in [5.41, 5.74) is -0.0175. The van der Waals surface area contributed by atoms with E-state index in [2.05, 4.69) is 10.6 Å². The van der Waals surface area contributed by atoms with E-state index in [0.29, 0.717) is 18.0 Å². The van der Waals surface area contributed by atoms with Gasteiger partial charge in [0.15, 0.2) is 0 Å². The minimum absolute atomic E-state index is 0.554. The Morgan fingerprint density at radius 3 is 2.24 bits per heavy atom. The van der Waals surface area contributed by atoms with Crippen LogP contribution < -0.4 is 15.4 Å². The molecule has 0 spiro atoms. The zero-order chi connectivity index (χ0) is 16.0. The van der Waals surface area contributed by atoms with E-state index in [1.807, 2.05) is 6.92 Å². The van der Waals surface area contributed by atoms with Gasteiger partial charge in [-0.1, -0.05) is 20.8 Å². The van der Waals surface area contributed by atoms with Crippen LogP contribution in [0.5, 0.6) is 5.75 Å². The van der Waals surface area contributed by atoms with Crippen LogP contribution in [-0.4, -0.2) is 29.8 Å². The van der Waals surface area contributed by atoms with Gasteiger partial charge >= 0.3 is 12.0 Å². The van der Waals surface area contributed by atoms with Crippen LogP contribution >= 0.6 is 0 Å². The summed E-state index contributed by atoms with van der Waals surface area (Å²) in [5, 5.41) is 14.2. The van der Waals surface area contributed by atoms with Crippen LogP contribution in [0.3, 0.4) is 0 Å². The summed E-state index contributed by atoms with van der Waals surface area (Å²) in [6.45, 7) is 7.71. The number of hydrogen-bond donors (Lipinski definition) is 3. The van der Waals surface area contributed by atoms with E-state index in [0.717, 1.165) is 0 Å². The van der Waals surface area contributed by atoms with Crippen LogP contribution in [-0.2, 0) is 4.79 Å². The van der Waals surface area contributed by atoms with Crippen molar-refractivity contribution in [3.63, 3.8) is 0 Å². The highest BCUT2D eigenvalue weighted by Gasteiger charge is 2.32. The van der Waals surface area contributed by atoms with Gasteiger partial charge in [-0.25, -0.2) is 9.59 Å². The van der Waals surface area contributed by atoms with Crippen molar-refractivity contribution in [3.8, 4) is 5.75 Å². The van der Waals surface area contributed by atoms with Crippen molar-refractivity contribution < 1.29 is 19.4 Å². The second kappa shape index (κ2) is 6.97. The number of benzene rings is 1. The first kappa shape index (κ1) is 16.8. The lowest BCUT2D eigenvalue weighted by atomic mass is 9.87. The molecule has 1 atom stereocenters. The number of aliphatic carboxylic acids is 1. The van der Waals surface area contributed by atoms with Crippen LogP contribution in [0.1, 0.15) is 27.7 Å². The molecule has 6 nitrogen and oxygen atoms in total. The molecule has 1 aromatic rings. The van der Waals surface area contributed by atoms with Gasteiger partial charge in [0.1, 0.15) is 11.8 Å². The van der Waals surface area contributed by atoms with Gasteiger partial charge in [-0.15, -0.1) is 0 Å². The summed E-state index contributed by atoms with van der Waals surface area (Å²) in [7, 11) is 0. The van der Waals surface area contributed by atoms with Gasteiger partial charge in [-0.3, -0.25) is 0 Å². The number of urea groups is 1. The smallest absolute Gasteiger partial charge is 0.326 e. The minimum atomic E-state index is -1.07. The SMILES string of the molecule is CCOc1ccc(NC(=O)N[C@@H](C(=O)O)C(C)(C)C)cc1. The average molecular weight is 294 g/mol. The van der Waals surface area contributed by atoms with Crippen LogP contribution in [0.4, 0.5) is 10.5 Å². The molecule has 0 fully saturated rings. The molecule has 6 heteroatoms. The number of carbonyl (C=O) groups excluding carboxylic acids is 1. The third-order valence-corrected chi connectivity index (χ3v) is 2.81. The fourth-order valence-corrected chi connectivity index (χ4v) is 1.75. The van der Waals surface area contributed by atoms with Crippen molar-refractivity contribution in [1.29, 1.82) is 0 Å². The van der Waals surface area contributed by atoms with Crippen molar-refractivity contribution in [2.24, 2.45) is 5.41 Å². The Balaban J connectivity index is 2.66. The Labute approximate surface area is 124 Å². The van der Waals surface area contributed by atoms with Gasteiger partial charge < -0.3 is 20.5 Å². The molecule has 0 saturated carbocycles. The monoisotopic (exact) mass is 294 g/mol. The highest BCUT2D eigenvalue weighted by molar-refractivity contribution is 5.92. The van der Waals surface area contributed by atoms with Gasteiger partial charge in [-0.2, -0.15) is 0 Å². The maximum atomic E-state index is 11.9. The molecule has 21 heavy (non-hydrogen) atoms. The first-order valence-corrected chi connectivity index (χ1v) is 6.77. The fourth-order valence-electron chi connectivity index (χ4n) is 1.75. The first-order valence-electron chi connectivity index (χ1n) is 6.77. The summed E-state index contributed by atoms with van der Waals surface area (Å²) < 4.78 is 5.30. The van der Waals surface area contributed by atoms with Crippen molar-refractivity contribution in [3.05, 3.63) is 24.3 Å². The maximum Gasteiger partial charge on any atom is 0.326 e. The predicted octanol–water partition coefficient (Wildman–Crippen LogP) is 2.71. The third kappa shape index (κ3) is 5.33. The van der Waals surface area contributed by atoms with E-state index in [1.165, 1.54) is 0 Å². The molecule has 3 N–H and O–H groups in total. The number of amides is 2. The second-order valence-corrected chi connectivity index (χ2v) is 5.69. The molecule has 0 bridgehead atoms. The molecule has 0 saturated heterocycles. The average Bonchev–Trinajstić information content (AvgIpc) is 2.37. The van der Waals surface area contributed by atoms with E-state index in [1.54, 1.807) is 45.0 Å². The highest BCUT2D eigenvalue weighted by atomic mass is 16.5. The van der Waals surface area contributed by atoms with Gasteiger partial charge in [0, 0.05) is 5.69 Å². The highest BCUT2D eigenvalue weighted by Crippen LogP contribution is 2.20. The Hall–Kier alpha value is -2.24. The lowest BCUT2D eigenvalue weighted by Gasteiger charge is -2.27. The van der Waals surface area contributed by atoms with E-state index < -0.39 is 23.5 Å². The number of carboxylic acid groups (broad SMARTS) is 1. The molecule has 1 rings (SSSR count). The Bertz CT molecular complexity index is 491. The Morgan fingerprint density at radius 2 is 1.81 bits per heavy atom. The van der Waals surface area contributed by atoms with Gasteiger partial charge in [0.05, 0.1) is 6.61 Å². The van der Waals surface area contributed by atoms with Gasteiger partial charge in [0.25, 0.3) is 0 Å². The molecular formula is C15H22N2O4. The van der Waals surface area contributed by atoms with Crippen molar-refractivity contribution in [2.45, 2.75) is 33.7 Å². The normalized spacial score (nSPS) is 12.4. The molecule has 0 heterocycles. The summed E-state index contributed by atoms with van der Waals surface area (Å²) in [6.07, 6.45) is 0. The Kier molecular flexibility index (Phi) is 5.58. The molecule has 0 unspecified atom stereocenters. The number of nitrogens with one attached hydrogen (secondary N) is 2. The standard InChI is InChI=1S/C15H22N2O4/c1-5-21-11-8-6-10(7-9-11)16-14(20)17-12(13(18)19)15(2,3)4/h6-9,12H,5H2,1-4H3,(H,18,19)(H2,16,17,20)/t12-/m0/s1. The molecule has 0 aliphatic carbocycles. The topological polar surface area (TPSA) is 87.7 Å². The van der Waals surface area contributed by atoms with Crippen LogP contribution in [0, 0.1) is 5.41 Å². The number of rotatable bonds is 5. The second-order valence-electron chi connectivity index (χ2n) is 5.69. The summed E-state index contributed by atoms with van der Waals surface area (Å²) in [5.74, 6) is -0.356.